The Morgan fingerprint density at radius 3 is 2.53 bits per heavy atom. The number of halogens is 3. The number of ether oxygens (including phenoxy) is 1. The lowest BCUT2D eigenvalue weighted by Crippen LogP contribution is -2.23. The van der Waals surface area contributed by atoms with Crippen molar-refractivity contribution in [2.24, 2.45) is 5.92 Å². The van der Waals surface area contributed by atoms with Crippen LogP contribution in [0.4, 0.5) is 13.2 Å². The van der Waals surface area contributed by atoms with E-state index < -0.39 is 12.8 Å². The molecule has 0 saturated carbocycles. The normalized spacial score (nSPS) is 12.4. The quantitative estimate of drug-likeness (QED) is 0.438. The van der Waals surface area contributed by atoms with Gasteiger partial charge in [-0.15, -0.1) is 0 Å². The fourth-order valence-corrected chi connectivity index (χ4v) is 2.50. The number of hydrogen-bond donors (Lipinski definition) is 2. The Morgan fingerprint density at radius 2 is 1.93 bits per heavy atom. The summed E-state index contributed by atoms with van der Waals surface area (Å²) in [5.74, 6) is 6.08. The second kappa shape index (κ2) is 12.8. The standard InChI is InChI=1S/C23H29F3N2O2/c1-17(2)9-7-13-21(29)19(20(28-4)15-27-3)12-8-11-18-10-5-6-14-22(18)30-16-23(24,25)26/h5-7,10,13-14,17,27-28H,9,12,15-16H2,1-4H3/b13-7-,20-19+. The Labute approximate surface area is 176 Å². The lowest BCUT2D eigenvalue weighted by atomic mass is 10.0. The van der Waals surface area contributed by atoms with Crippen molar-refractivity contribution in [3.63, 3.8) is 0 Å². The maximum absolute atomic E-state index is 12.7. The first kappa shape index (κ1) is 25.3. The summed E-state index contributed by atoms with van der Waals surface area (Å²) in [5, 5.41) is 6.03. The minimum absolute atomic E-state index is 0.0556. The number of alkyl halides is 3. The van der Waals surface area contributed by atoms with Gasteiger partial charge in [-0.2, -0.15) is 13.2 Å². The Morgan fingerprint density at radius 1 is 1.23 bits per heavy atom. The average Bonchev–Trinajstić information content (AvgIpc) is 2.68. The summed E-state index contributed by atoms with van der Waals surface area (Å²) < 4.78 is 42.2. The number of hydrogen-bond acceptors (Lipinski definition) is 4. The molecule has 1 rings (SSSR count). The van der Waals surface area contributed by atoms with Crippen molar-refractivity contribution in [2.75, 3.05) is 27.2 Å². The van der Waals surface area contributed by atoms with Crippen molar-refractivity contribution in [1.82, 2.24) is 10.6 Å². The highest BCUT2D eigenvalue weighted by atomic mass is 19.4. The highest BCUT2D eigenvalue weighted by Crippen LogP contribution is 2.21. The van der Waals surface area contributed by atoms with Crippen LogP contribution in [0.15, 0.2) is 47.7 Å². The molecule has 1 aromatic rings. The number of likely N-dealkylation sites (N-methyl/N-ethyl adjacent to an activating group) is 2. The van der Waals surface area contributed by atoms with Gasteiger partial charge in [0.15, 0.2) is 12.4 Å². The summed E-state index contributed by atoms with van der Waals surface area (Å²) in [6.45, 7) is 3.20. The molecule has 0 spiro atoms. The maximum atomic E-state index is 12.7. The maximum Gasteiger partial charge on any atom is 0.422 e. The van der Waals surface area contributed by atoms with Crippen molar-refractivity contribution in [3.8, 4) is 17.6 Å². The van der Waals surface area contributed by atoms with Gasteiger partial charge in [-0.25, -0.2) is 0 Å². The molecule has 30 heavy (non-hydrogen) atoms. The molecule has 164 valence electrons. The van der Waals surface area contributed by atoms with Crippen LogP contribution in [0.25, 0.3) is 0 Å². The van der Waals surface area contributed by atoms with Gasteiger partial charge in [-0.05, 0) is 37.6 Å². The second-order valence-corrected chi connectivity index (χ2v) is 7.01. The lowest BCUT2D eigenvalue weighted by molar-refractivity contribution is -0.153. The van der Waals surface area contributed by atoms with E-state index in [0.29, 0.717) is 29.3 Å². The number of para-hydroxylation sites is 1. The monoisotopic (exact) mass is 422 g/mol. The summed E-state index contributed by atoms with van der Waals surface area (Å²) in [5.41, 5.74) is 1.56. The van der Waals surface area contributed by atoms with Gasteiger partial charge >= 0.3 is 6.18 Å². The van der Waals surface area contributed by atoms with Crippen LogP contribution in [0.2, 0.25) is 0 Å². The van der Waals surface area contributed by atoms with Gasteiger partial charge in [0.05, 0.1) is 5.56 Å². The van der Waals surface area contributed by atoms with E-state index in [1.54, 1.807) is 38.4 Å². The molecule has 0 heterocycles. The zero-order chi connectivity index (χ0) is 22.6. The SMILES string of the molecule is CNC/C(NC)=C(/CC#Cc1ccccc1OCC(F)(F)F)C(=O)/C=C\CC(C)C. The van der Waals surface area contributed by atoms with Gasteiger partial charge < -0.3 is 15.4 Å². The largest absolute Gasteiger partial charge is 0.483 e. The number of carbonyl (C=O) groups excluding carboxylic acids is 1. The average molecular weight is 422 g/mol. The summed E-state index contributed by atoms with van der Waals surface area (Å²) in [6.07, 6.45) is -0.107. The predicted octanol–water partition coefficient (Wildman–Crippen LogP) is 4.23. The second-order valence-electron chi connectivity index (χ2n) is 7.01. The van der Waals surface area contributed by atoms with Crippen LogP contribution < -0.4 is 15.4 Å². The summed E-state index contributed by atoms with van der Waals surface area (Å²) >= 11 is 0. The zero-order valence-corrected chi connectivity index (χ0v) is 17.8. The number of allylic oxidation sites excluding steroid dienone is 3. The van der Waals surface area contributed by atoms with Crippen LogP contribution in [0, 0.1) is 17.8 Å². The number of nitrogens with one attached hydrogen (secondary N) is 2. The molecular weight excluding hydrogens is 393 g/mol. The molecule has 0 aliphatic carbocycles. The number of benzene rings is 1. The molecule has 0 atom stereocenters. The van der Waals surface area contributed by atoms with Gasteiger partial charge in [0, 0.05) is 31.3 Å². The lowest BCUT2D eigenvalue weighted by Gasteiger charge is -2.11. The molecule has 0 aliphatic heterocycles. The minimum atomic E-state index is -4.43. The van der Waals surface area contributed by atoms with E-state index >= 15 is 0 Å². The van der Waals surface area contributed by atoms with Crippen molar-refractivity contribution >= 4 is 5.78 Å². The third-order valence-corrected chi connectivity index (χ3v) is 3.96. The van der Waals surface area contributed by atoms with E-state index in [1.165, 1.54) is 6.07 Å². The summed E-state index contributed by atoms with van der Waals surface area (Å²) in [4.78, 5) is 12.7. The van der Waals surface area contributed by atoms with Crippen molar-refractivity contribution in [1.29, 1.82) is 0 Å². The molecule has 0 saturated heterocycles. The number of carbonyl (C=O) groups is 1. The smallest absolute Gasteiger partial charge is 0.422 e. The Balaban J connectivity index is 3.08. The molecule has 7 heteroatoms. The molecule has 0 fully saturated rings. The molecular formula is C23H29F3N2O2. The highest BCUT2D eigenvalue weighted by Gasteiger charge is 2.28. The first-order valence-electron chi connectivity index (χ1n) is 9.70. The van der Waals surface area contributed by atoms with Crippen LogP contribution in [0.1, 0.15) is 32.3 Å². The van der Waals surface area contributed by atoms with Crippen LogP contribution in [0.3, 0.4) is 0 Å². The third kappa shape index (κ3) is 9.66. The Hall–Kier alpha value is -2.72. The highest BCUT2D eigenvalue weighted by molar-refractivity contribution is 6.04. The summed E-state index contributed by atoms with van der Waals surface area (Å²) in [7, 11) is 3.50. The molecule has 0 aliphatic rings. The van der Waals surface area contributed by atoms with E-state index in [-0.39, 0.29) is 18.0 Å². The van der Waals surface area contributed by atoms with Crippen molar-refractivity contribution < 1.29 is 22.7 Å². The van der Waals surface area contributed by atoms with E-state index in [1.807, 2.05) is 6.08 Å². The topological polar surface area (TPSA) is 50.4 Å². The molecule has 0 radical (unpaired) electrons. The first-order valence-corrected chi connectivity index (χ1v) is 9.70. The number of ketones is 1. The molecule has 0 bridgehead atoms. The van der Waals surface area contributed by atoms with Crippen molar-refractivity contribution in [3.05, 3.63) is 53.3 Å². The van der Waals surface area contributed by atoms with E-state index in [4.69, 9.17) is 4.74 Å². The summed E-state index contributed by atoms with van der Waals surface area (Å²) in [6, 6.07) is 6.27. The molecule has 0 aromatic heterocycles. The fourth-order valence-electron chi connectivity index (χ4n) is 2.50. The molecule has 0 unspecified atom stereocenters. The van der Waals surface area contributed by atoms with Gasteiger partial charge in [0.1, 0.15) is 5.75 Å². The van der Waals surface area contributed by atoms with Gasteiger partial charge in [0.25, 0.3) is 0 Å². The van der Waals surface area contributed by atoms with Gasteiger partial charge in [-0.1, -0.05) is 43.9 Å². The molecule has 1 aromatic carbocycles. The zero-order valence-electron chi connectivity index (χ0n) is 17.8. The van der Waals surface area contributed by atoms with E-state index in [9.17, 15) is 18.0 Å². The van der Waals surface area contributed by atoms with Crippen molar-refractivity contribution in [2.45, 2.75) is 32.9 Å². The number of rotatable bonds is 10. The fraction of sp³-hybridized carbons (Fsp3) is 0.435. The van der Waals surface area contributed by atoms with Crippen LogP contribution >= 0.6 is 0 Å². The third-order valence-electron chi connectivity index (χ3n) is 3.96. The van der Waals surface area contributed by atoms with Gasteiger partial charge in [-0.3, -0.25) is 4.79 Å². The van der Waals surface area contributed by atoms with E-state index in [2.05, 4.69) is 36.3 Å². The Kier molecular flexibility index (Phi) is 10.8. The van der Waals surface area contributed by atoms with E-state index in [0.717, 1.165) is 6.42 Å². The minimum Gasteiger partial charge on any atom is -0.483 e. The predicted molar refractivity (Wildman–Crippen MR) is 113 cm³/mol. The molecule has 0 amide bonds. The molecule has 2 N–H and O–H groups in total. The van der Waals surface area contributed by atoms with Gasteiger partial charge in [0.2, 0.25) is 0 Å². The Bertz CT molecular complexity index is 816. The van der Waals surface area contributed by atoms with Crippen LogP contribution in [-0.2, 0) is 4.79 Å². The molecule has 4 nitrogen and oxygen atoms in total. The van der Waals surface area contributed by atoms with Crippen LogP contribution in [0.5, 0.6) is 5.75 Å². The first-order chi connectivity index (χ1) is 14.2. The van der Waals surface area contributed by atoms with Crippen LogP contribution in [-0.4, -0.2) is 39.2 Å².